The molecule has 11 heteroatoms. The third-order valence-corrected chi connectivity index (χ3v) is 6.91. The number of phenolic OH excluding ortho intramolecular Hbond substituents is 2. The predicted octanol–water partition coefficient (Wildman–Crippen LogP) is 2.06. The molecule has 7 unspecified atom stereocenters. The van der Waals surface area contributed by atoms with Gasteiger partial charge < -0.3 is 44.1 Å². The fraction of sp³-hybridized carbons (Fsp3) is 0.556. The minimum Gasteiger partial charge on any atom is -0.504 e. The minimum absolute atomic E-state index is 0.00519. The first-order chi connectivity index (χ1) is 18.1. The van der Waals surface area contributed by atoms with Gasteiger partial charge in [-0.1, -0.05) is 26.0 Å². The van der Waals surface area contributed by atoms with Gasteiger partial charge in [0, 0.05) is 23.8 Å². The number of carbonyl (C=O) groups excluding carboxylic acids is 2. The van der Waals surface area contributed by atoms with Crippen LogP contribution in [0, 0.1) is 11.8 Å². The molecule has 11 nitrogen and oxygen atoms in total. The molecule has 0 amide bonds. The van der Waals surface area contributed by atoms with Crippen LogP contribution in [0.25, 0.3) is 0 Å². The topological polar surface area (TPSA) is 161 Å². The maximum atomic E-state index is 12.8. The fourth-order valence-corrected chi connectivity index (χ4v) is 4.63. The Balaban J connectivity index is 1.71. The Morgan fingerprint density at radius 1 is 1.13 bits per heavy atom. The van der Waals surface area contributed by atoms with Crippen molar-refractivity contribution in [3.63, 3.8) is 0 Å². The van der Waals surface area contributed by atoms with Gasteiger partial charge in [0.05, 0.1) is 44.2 Å². The van der Waals surface area contributed by atoms with E-state index in [0.29, 0.717) is 24.0 Å². The average Bonchev–Trinajstić information content (AvgIpc) is 2.90. The molecule has 38 heavy (non-hydrogen) atoms. The Labute approximate surface area is 221 Å². The monoisotopic (exact) mass is 536 g/mol. The number of aromatic hydroxyl groups is 2. The molecule has 0 radical (unpaired) electrons. The molecule has 4 N–H and O–H groups in total. The molecular weight excluding hydrogens is 500 g/mol. The van der Waals surface area contributed by atoms with Crippen molar-refractivity contribution in [3.05, 3.63) is 47.2 Å². The van der Waals surface area contributed by atoms with Crippen molar-refractivity contribution in [2.24, 2.45) is 11.8 Å². The molecule has 2 aliphatic heterocycles. The number of rotatable bonds is 9. The molecule has 7 atom stereocenters. The van der Waals surface area contributed by atoms with Crippen LogP contribution in [-0.4, -0.2) is 77.0 Å². The predicted molar refractivity (Wildman–Crippen MR) is 132 cm³/mol. The van der Waals surface area contributed by atoms with Crippen molar-refractivity contribution in [2.75, 3.05) is 13.7 Å². The van der Waals surface area contributed by atoms with E-state index in [2.05, 4.69) is 0 Å². The van der Waals surface area contributed by atoms with Crippen LogP contribution in [0.3, 0.4) is 0 Å². The third-order valence-electron chi connectivity index (χ3n) is 6.91. The summed E-state index contributed by atoms with van der Waals surface area (Å²) in [5, 5.41) is 40.1. The molecule has 1 aromatic carbocycles. The summed E-state index contributed by atoms with van der Waals surface area (Å²) in [7, 11) is 1.21. The quantitative estimate of drug-likeness (QED) is 0.208. The Bertz CT molecular complexity index is 1050. The van der Waals surface area contributed by atoms with Gasteiger partial charge >= 0.3 is 11.9 Å². The maximum Gasteiger partial charge on any atom is 0.337 e. The van der Waals surface area contributed by atoms with E-state index in [1.165, 1.54) is 19.2 Å². The van der Waals surface area contributed by atoms with Crippen LogP contribution in [0.5, 0.6) is 11.5 Å². The third kappa shape index (κ3) is 6.65. The first-order valence-corrected chi connectivity index (χ1v) is 12.5. The number of hydrogen-bond donors (Lipinski definition) is 4. The molecule has 2 aliphatic rings. The molecule has 0 bridgehead atoms. The summed E-state index contributed by atoms with van der Waals surface area (Å²) < 4.78 is 27.7. The lowest BCUT2D eigenvalue weighted by Crippen LogP contribution is -2.55. The van der Waals surface area contributed by atoms with Gasteiger partial charge in [0.1, 0.15) is 6.10 Å². The van der Waals surface area contributed by atoms with Crippen molar-refractivity contribution in [1.29, 1.82) is 0 Å². The van der Waals surface area contributed by atoms with E-state index in [0.717, 1.165) is 6.26 Å². The van der Waals surface area contributed by atoms with E-state index in [1.807, 2.05) is 6.92 Å². The smallest absolute Gasteiger partial charge is 0.337 e. The first kappa shape index (κ1) is 29.4. The number of phenols is 2. The lowest BCUT2D eigenvalue weighted by atomic mass is 9.86. The lowest BCUT2D eigenvalue weighted by molar-refractivity contribution is -0.315. The average molecular weight is 537 g/mol. The van der Waals surface area contributed by atoms with Crippen molar-refractivity contribution >= 4 is 11.9 Å². The van der Waals surface area contributed by atoms with E-state index < -0.39 is 42.6 Å². The van der Waals surface area contributed by atoms with Crippen LogP contribution < -0.4 is 0 Å². The Hall–Kier alpha value is -3.12. The van der Waals surface area contributed by atoms with E-state index in [4.69, 9.17) is 23.7 Å². The summed E-state index contributed by atoms with van der Waals surface area (Å²) in [4.78, 5) is 25.2. The first-order valence-electron chi connectivity index (χ1n) is 12.5. The number of carbonyl (C=O) groups is 2. The highest BCUT2D eigenvalue weighted by Crippen LogP contribution is 2.37. The number of aliphatic hydroxyl groups is 2. The molecular formula is C27H36O11. The lowest BCUT2D eigenvalue weighted by Gasteiger charge is -2.43. The van der Waals surface area contributed by atoms with E-state index >= 15 is 0 Å². The molecule has 0 aliphatic carbocycles. The number of esters is 2. The zero-order valence-electron chi connectivity index (χ0n) is 21.9. The van der Waals surface area contributed by atoms with Crippen molar-refractivity contribution in [1.82, 2.24) is 0 Å². The highest BCUT2D eigenvalue weighted by atomic mass is 16.8. The van der Waals surface area contributed by atoms with Gasteiger partial charge in [-0.15, -0.1) is 0 Å². The van der Waals surface area contributed by atoms with E-state index in [9.17, 15) is 30.0 Å². The normalized spacial score (nSPS) is 30.3. The van der Waals surface area contributed by atoms with Gasteiger partial charge in [-0.25, -0.2) is 4.79 Å². The van der Waals surface area contributed by atoms with Gasteiger partial charge in [-0.05, 0) is 31.0 Å². The Morgan fingerprint density at radius 2 is 1.87 bits per heavy atom. The van der Waals surface area contributed by atoms with Crippen molar-refractivity contribution in [3.8, 4) is 11.5 Å². The van der Waals surface area contributed by atoms with Gasteiger partial charge in [0.25, 0.3) is 0 Å². The maximum absolute atomic E-state index is 12.8. The number of methoxy groups -OCH3 is 1. The molecule has 210 valence electrons. The minimum atomic E-state index is -1.33. The summed E-state index contributed by atoms with van der Waals surface area (Å²) in [6, 6.07) is 4.32. The highest BCUT2D eigenvalue weighted by molar-refractivity contribution is 5.90. The van der Waals surface area contributed by atoms with Crippen molar-refractivity contribution in [2.45, 2.75) is 70.9 Å². The Kier molecular flexibility index (Phi) is 10.1. The van der Waals surface area contributed by atoms with Crippen LogP contribution in [0.2, 0.25) is 0 Å². The fourth-order valence-electron chi connectivity index (χ4n) is 4.63. The summed E-state index contributed by atoms with van der Waals surface area (Å²) >= 11 is 0. The van der Waals surface area contributed by atoms with Crippen LogP contribution in [0.1, 0.15) is 39.2 Å². The molecule has 0 saturated carbocycles. The standard InChI is InChI=1S/C27H36O11/c1-5-16-17(12-22(30)35-10-9-15-7-8-19(28)20(29)11-15)18(25(33)34-4)13-36-26(16)38-27-24(32)23(31)14(3)21(6-2)37-27/h5,7-8,11,13-14,17,21,23-24,26-29,31-32H,6,9-10,12H2,1-4H3/b16-5+. The summed E-state index contributed by atoms with van der Waals surface area (Å²) in [5.41, 5.74) is 1.17. The van der Waals surface area contributed by atoms with Crippen LogP contribution >= 0.6 is 0 Å². The largest absolute Gasteiger partial charge is 0.504 e. The summed E-state index contributed by atoms with van der Waals surface area (Å²) in [6.45, 7) is 5.37. The Morgan fingerprint density at radius 3 is 2.50 bits per heavy atom. The van der Waals surface area contributed by atoms with E-state index in [1.54, 1.807) is 26.0 Å². The highest BCUT2D eigenvalue weighted by Gasteiger charge is 2.45. The molecule has 3 rings (SSSR count). The second-order valence-electron chi connectivity index (χ2n) is 9.30. The van der Waals surface area contributed by atoms with Gasteiger partial charge in [0.15, 0.2) is 17.8 Å². The second-order valence-corrected chi connectivity index (χ2v) is 9.30. The number of ether oxygens (including phenoxy) is 5. The SMILES string of the molecule is C/C=C1/C(OC2OC(CC)C(C)C(O)C2O)OC=C(C(=O)OC)C1CC(=O)OCCc1ccc(O)c(O)c1. The second kappa shape index (κ2) is 13.1. The van der Waals surface area contributed by atoms with Crippen LogP contribution in [0.4, 0.5) is 0 Å². The van der Waals surface area contributed by atoms with Gasteiger partial charge in [-0.3, -0.25) is 4.79 Å². The molecule has 0 spiro atoms. The zero-order valence-corrected chi connectivity index (χ0v) is 21.9. The van der Waals surface area contributed by atoms with E-state index in [-0.39, 0.29) is 42.1 Å². The number of aliphatic hydroxyl groups excluding tert-OH is 2. The van der Waals surface area contributed by atoms with Crippen molar-refractivity contribution < 1.29 is 53.7 Å². The van der Waals surface area contributed by atoms with Crippen LogP contribution in [0.15, 0.2) is 41.7 Å². The molecule has 0 aromatic heterocycles. The van der Waals surface area contributed by atoms with Crippen LogP contribution in [-0.2, 0) is 39.7 Å². The summed E-state index contributed by atoms with van der Waals surface area (Å²) in [6.07, 6.45) is -1.59. The molecule has 2 heterocycles. The van der Waals surface area contributed by atoms with Gasteiger partial charge in [-0.2, -0.15) is 0 Å². The molecule has 1 aromatic rings. The number of hydrogen-bond acceptors (Lipinski definition) is 11. The number of allylic oxidation sites excluding steroid dienone is 1. The summed E-state index contributed by atoms with van der Waals surface area (Å²) in [5.74, 6) is -2.91. The zero-order chi connectivity index (χ0) is 28.0. The molecule has 1 fully saturated rings. The number of benzene rings is 1. The van der Waals surface area contributed by atoms with Gasteiger partial charge in [0.2, 0.25) is 6.29 Å². The molecule has 1 saturated heterocycles.